The molecule has 21 heavy (non-hydrogen) atoms. The third kappa shape index (κ3) is 3.76. The highest BCUT2D eigenvalue weighted by Gasteiger charge is 2.32. The number of aromatic nitrogens is 2. The van der Waals surface area contributed by atoms with Crippen LogP contribution in [0.25, 0.3) is 0 Å². The summed E-state index contributed by atoms with van der Waals surface area (Å²) in [6, 6.07) is 0. The van der Waals surface area contributed by atoms with Crippen molar-refractivity contribution in [1.82, 2.24) is 14.5 Å². The average molecular weight is 302 g/mol. The average Bonchev–Trinajstić information content (AvgIpc) is 2.48. The third-order valence-electron chi connectivity index (χ3n) is 3.59. The monoisotopic (exact) mass is 302 g/mol. The minimum absolute atomic E-state index is 0.158. The second-order valence-electron chi connectivity index (χ2n) is 5.12. The van der Waals surface area contributed by atoms with Crippen LogP contribution in [0.3, 0.4) is 0 Å². The van der Waals surface area contributed by atoms with E-state index >= 15 is 0 Å². The molecule has 118 valence electrons. The highest BCUT2D eigenvalue weighted by atomic mass is 19.3. The van der Waals surface area contributed by atoms with E-state index in [9.17, 15) is 13.6 Å². The third-order valence-corrected chi connectivity index (χ3v) is 3.59. The Kier molecular flexibility index (Phi) is 4.89. The molecule has 1 aliphatic heterocycles. The maximum atomic E-state index is 13.1. The Balaban J connectivity index is 2.00. The lowest BCUT2D eigenvalue weighted by Crippen LogP contribution is -2.52. The van der Waals surface area contributed by atoms with Gasteiger partial charge < -0.3 is 14.6 Å². The molecule has 8 heteroatoms. The van der Waals surface area contributed by atoms with E-state index in [1.54, 1.807) is 21.9 Å². The molecule has 1 N–H and O–H groups in total. The van der Waals surface area contributed by atoms with Crippen molar-refractivity contribution < 1.29 is 13.9 Å². The number of rotatable bonds is 5. The number of alkyl halides is 2. The summed E-state index contributed by atoms with van der Waals surface area (Å²) in [6.45, 7) is 2.61. The number of aliphatic hydroxyl groups excluding tert-OH is 1. The lowest BCUT2D eigenvalue weighted by Gasteiger charge is -2.36. The molecule has 0 spiro atoms. The van der Waals surface area contributed by atoms with Gasteiger partial charge in [-0.1, -0.05) is 0 Å². The van der Waals surface area contributed by atoms with Crippen LogP contribution in [0.5, 0.6) is 0 Å². The summed E-state index contributed by atoms with van der Waals surface area (Å²) in [4.78, 5) is 19.7. The van der Waals surface area contributed by atoms with Crippen molar-refractivity contribution in [2.75, 3.05) is 44.2 Å². The number of halogens is 2. The van der Waals surface area contributed by atoms with Crippen molar-refractivity contribution >= 4 is 5.82 Å². The SMILES string of the molecule is CCn1ccnc(N2CCN(CC(F)(F)CO)CC2)c1=O. The zero-order valence-corrected chi connectivity index (χ0v) is 12.0. The van der Waals surface area contributed by atoms with Crippen LogP contribution >= 0.6 is 0 Å². The van der Waals surface area contributed by atoms with Crippen molar-refractivity contribution in [2.24, 2.45) is 0 Å². The predicted octanol–water partition coefficient (Wildman–Crippen LogP) is 0.0128. The summed E-state index contributed by atoms with van der Waals surface area (Å²) in [5.41, 5.74) is -0.158. The summed E-state index contributed by atoms with van der Waals surface area (Å²) in [5, 5.41) is 8.61. The Hall–Kier alpha value is -1.54. The van der Waals surface area contributed by atoms with Gasteiger partial charge in [-0.05, 0) is 6.92 Å². The molecule has 0 aliphatic carbocycles. The van der Waals surface area contributed by atoms with Gasteiger partial charge in [0.25, 0.3) is 11.5 Å². The molecule has 0 aromatic carbocycles. The van der Waals surface area contributed by atoms with Crippen LogP contribution in [-0.2, 0) is 6.54 Å². The van der Waals surface area contributed by atoms with E-state index in [1.165, 1.54) is 0 Å². The second kappa shape index (κ2) is 6.48. The normalized spacial score (nSPS) is 17.2. The van der Waals surface area contributed by atoms with E-state index < -0.39 is 19.1 Å². The lowest BCUT2D eigenvalue weighted by atomic mass is 10.2. The van der Waals surface area contributed by atoms with Gasteiger partial charge in [0, 0.05) is 45.1 Å². The molecule has 1 aromatic rings. The van der Waals surface area contributed by atoms with Crippen LogP contribution in [-0.4, -0.2) is 64.8 Å². The molecule has 1 aliphatic rings. The smallest absolute Gasteiger partial charge is 0.293 e. The first-order valence-corrected chi connectivity index (χ1v) is 6.98. The molecule has 1 fully saturated rings. The van der Waals surface area contributed by atoms with Gasteiger partial charge in [0.2, 0.25) is 0 Å². The molecular weight excluding hydrogens is 282 g/mol. The van der Waals surface area contributed by atoms with Crippen molar-refractivity contribution in [3.63, 3.8) is 0 Å². The second-order valence-corrected chi connectivity index (χ2v) is 5.12. The molecule has 1 aromatic heterocycles. The molecule has 0 saturated carbocycles. The summed E-state index contributed by atoms with van der Waals surface area (Å²) < 4.78 is 27.9. The summed E-state index contributed by atoms with van der Waals surface area (Å²) in [7, 11) is 0. The molecule has 0 radical (unpaired) electrons. The maximum absolute atomic E-state index is 13.1. The molecular formula is C13H20F2N4O2. The summed E-state index contributed by atoms with van der Waals surface area (Å²) in [6.07, 6.45) is 3.20. The molecule has 0 atom stereocenters. The molecule has 0 bridgehead atoms. The van der Waals surface area contributed by atoms with Gasteiger partial charge in [-0.25, -0.2) is 13.8 Å². The van der Waals surface area contributed by atoms with Gasteiger partial charge in [-0.2, -0.15) is 0 Å². The number of piperazine rings is 1. The Morgan fingerprint density at radius 1 is 1.33 bits per heavy atom. The van der Waals surface area contributed by atoms with Crippen LogP contribution in [0.15, 0.2) is 17.2 Å². The number of aliphatic hydroxyl groups is 1. The summed E-state index contributed by atoms with van der Waals surface area (Å²) >= 11 is 0. The van der Waals surface area contributed by atoms with Gasteiger partial charge in [0.05, 0.1) is 6.54 Å². The van der Waals surface area contributed by atoms with Gasteiger partial charge in [-0.3, -0.25) is 9.69 Å². The number of anilines is 1. The quantitative estimate of drug-likeness (QED) is 0.830. The van der Waals surface area contributed by atoms with Crippen LogP contribution in [0.1, 0.15) is 6.92 Å². The van der Waals surface area contributed by atoms with Crippen molar-refractivity contribution in [1.29, 1.82) is 0 Å². The number of nitrogens with zero attached hydrogens (tertiary/aromatic N) is 4. The highest BCUT2D eigenvalue weighted by Crippen LogP contribution is 2.16. The van der Waals surface area contributed by atoms with E-state index in [4.69, 9.17) is 5.11 Å². The Morgan fingerprint density at radius 3 is 2.57 bits per heavy atom. The molecule has 2 rings (SSSR count). The zero-order valence-electron chi connectivity index (χ0n) is 12.0. The molecule has 6 nitrogen and oxygen atoms in total. The fourth-order valence-corrected chi connectivity index (χ4v) is 2.40. The van der Waals surface area contributed by atoms with Crippen LogP contribution in [0.2, 0.25) is 0 Å². The van der Waals surface area contributed by atoms with Gasteiger partial charge in [-0.15, -0.1) is 0 Å². The largest absolute Gasteiger partial charge is 0.390 e. The van der Waals surface area contributed by atoms with Crippen LogP contribution < -0.4 is 10.5 Å². The molecule has 0 unspecified atom stereocenters. The minimum Gasteiger partial charge on any atom is -0.390 e. The first kappa shape index (κ1) is 15.8. The first-order valence-electron chi connectivity index (χ1n) is 6.98. The van der Waals surface area contributed by atoms with Crippen molar-refractivity contribution in [3.8, 4) is 0 Å². The van der Waals surface area contributed by atoms with Crippen LogP contribution in [0, 0.1) is 0 Å². The summed E-state index contributed by atoms with van der Waals surface area (Å²) in [5.74, 6) is -2.71. The van der Waals surface area contributed by atoms with Gasteiger partial charge >= 0.3 is 0 Å². The Labute approximate surface area is 121 Å². The van der Waals surface area contributed by atoms with E-state index in [0.717, 1.165) is 0 Å². The molecule has 2 heterocycles. The van der Waals surface area contributed by atoms with Crippen LogP contribution in [0.4, 0.5) is 14.6 Å². The lowest BCUT2D eigenvalue weighted by molar-refractivity contribution is -0.0733. The number of aryl methyl sites for hydroxylation is 1. The minimum atomic E-state index is -3.08. The van der Waals surface area contributed by atoms with Gasteiger partial charge in [0.15, 0.2) is 5.82 Å². The Bertz CT molecular complexity index is 527. The first-order chi connectivity index (χ1) is 9.96. The number of hydrogen-bond acceptors (Lipinski definition) is 5. The standard InChI is InChI=1S/C13H20F2N4O2/c1-2-18-4-3-16-11(12(18)21)19-7-5-17(6-8-19)9-13(14,15)10-20/h3-4,20H,2,5-10H2,1H3. The van der Waals surface area contributed by atoms with E-state index in [1.807, 2.05) is 11.8 Å². The fourth-order valence-electron chi connectivity index (χ4n) is 2.40. The van der Waals surface area contributed by atoms with E-state index in [-0.39, 0.29) is 5.56 Å². The topological polar surface area (TPSA) is 61.6 Å². The van der Waals surface area contributed by atoms with Gasteiger partial charge in [0.1, 0.15) is 6.61 Å². The zero-order chi connectivity index (χ0) is 15.5. The van der Waals surface area contributed by atoms with E-state index in [0.29, 0.717) is 38.5 Å². The van der Waals surface area contributed by atoms with E-state index in [2.05, 4.69) is 4.98 Å². The Morgan fingerprint density at radius 2 is 2.00 bits per heavy atom. The highest BCUT2D eigenvalue weighted by molar-refractivity contribution is 5.36. The van der Waals surface area contributed by atoms with Crippen molar-refractivity contribution in [2.45, 2.75) is 19.4 Å². The predicted molar refractivity (Wildman–Crippen MR) is 74.9 cm³/mol. The maximum Gasteiger partial charge on any atom is 0.293 e. The van der Waals surface area contributed by atoms with Crippen molar-refractivity contribution in [3.05, 3.63) is 22.7 Å². The molecule has 1 saturated heterocycles. The number of hydrogen-bond donors (Lipinski definition) is 1. The molecule has 0 amide bonds. The fraction of sp³-hybridized carbons (Fsp3) is 0.692.